The van der Waals surface area contributed by atoms with Gasteiger partial charge >= 0.3 is 17.6 Å². The summed E-state index contributed by atoms with van der Waals surface area (Å²) in [6.45, 7) is 10.1. The number of benzene rings is 1. The standard InChI is InChI=1S/C19H18Br2Cl2N2O5/c1-9(2)17(26)29-7-5-24-15-11(20)13(22)14(23)12(21)16(15)25(19(24)28)6-8-30-18(27)10(3)4/h1,3,5-8H2,2,4H3. The Morgan fingerprint density at radius 3 is 1.50 bits per heavy atom. The number of carbonyl (C=O) groups is 2. The van der Waals surface area contributed by atoms with Crippen LogP contribution < -0.4 is 5.69 Å². The van der Waals surface area contributed by atoms with Crippen molar-refractivity contribution in [1.82, 2.24) is 9.13 Å². The van der Waals surface area contributed by atoms with Crippen molar-refractivity contribution in [2.24, 2.45) is 0 Å². The maximum Gasteiger partial charge on any atom is 0.333 e. The molecule has 0 saturated heterocycles. The van der Waals surface area contributed by atoms with E-state index < -0.39 is 17.6 Å². The van der Waals surface area contributed by atoms with E-state index in [0.29, 0.717) is 20.0 Å². The van der Waals surface area contributed by atoms with Gasteiger partial charge in [-0.3, -0.25) is 9.13 Å². The van der Waals surface area contributed by atoms with Crippen molar-refractivity contribution in [3.63, 3.8) is 0 Å². The Labute approximate surface area is 199 Å². The molecule has 0 radical (unpaired) electrons. The minimum absolute atomic E-state index is 0.0559. The van der Waals surface area contributed by atoms with Gasteiger partial charge in [0.2, 0.25) is 0 Å². The fourth-order valence-corrected chi connectivity index (χ4v) is 4.36. The lowest BCUT2D eigenvalue weighted by Crippen LogP contribution is -2.28. The van der Waals surface area contributed by atoms with E-state index in [9.17, 15) is 14.4 Å². The van der Waals surface area contributed by atoms with E-state index in [1.54, 1.807) is 0 Å². The second kappa shape index (κ2) is 10.2. The first-order valence-electron chi connectivity index (χ1n) is 8.59. The number of rotatable bonds is 8. The van der Waals surface area contributed by atoms with Gasteiger partial charge in [-0.05, 0) is 45.7 Å². The second-order valence-corrected chi connectivity index (χ2v) is 8.71. The quantitative estimate of drug-likeness (QED) is 0.191. The molecule has 30 heavy (non-hydrogen) atoms. The summed E-state index contributed by atoms with van der Waals surface area (Å²) in [6.07, 6.45) is 0. The van der Waals surface area contributed by atoms with Crippen molar-refractivity contribution in [2.45, 2.75) is 26.9 Å². The zero-order valence-electron chi connectivity index (χ0n) is 16.2. The molecule has 0 amide bonds. The molecule has 0 atom stereocenters. The smallest absolute Gasteiger partial charge is 0.333 e. The number of ether oxygens (including phenoxy) is 2. The van der Waals surface area contributed by atoms with Crippen molar-refractivity contribution in [3.8, 4) is 0 Å². The van der Waals surface area contributed by atoms with Crippen molar-refractivity contribution in [1.29, 1.82) is 0 Å². The van der Waals surface area contributed by atoms with E-state index in [0.717, 1.165) is 0 Å². The Hall–Kier alpha value is -1.55. The van der Waals surface area contributed by atoms with Gasteiger partial charge in [-0.15, -0.1) is 0 Å². The van der Waals surface area contributed by atoms with Gasteiger partial charge in [0.15, 0.2) is 0 Å². The predicted octanol–water partition coefficient (Wildman–Crippen LogP) is 4.87. The Bertz CT molecular complexity index is 1040. The molecule has 1 aromatic heterocycles. The molecular weight excluding hydrogens is 567 g/mol. The predicted molar refractivity (Wildman–Crippen MR) is 123 cm³/mol. The molecule has 0 saturated carbocycles. The topological polar surface area (TPSA) is 79.5 Å². The van der Waals surface area contributed by atoms with Gasteiger partial charge in [0.25, 0.3) is 0 Å². The fourth-order valence-electron chi connectivity index (χ4n) is 2.56. The van der Waals surface area contributed by atoms with Gasteiger partial charge in [0, 0.05) is 11.1 Å². The summed E-state index contributed by atoms with van der Waals surface area (Å²) in [5.74, 6) is -1.11. The van der Waals surface area contributed by atoms with E-state index in [-0.39, 0.29) is 47.5 Å². The normalized spacial score (nSPS) is 10.9. The SMILES string of the molecule is C=C(C)C(=O)OCCn1c(=O)n(CCOC(=O)C(=C)C)c2c(Br)c(Cl)c(Cl)c(Br)c21. The lowest BCUT2D eigenvalue weighted by atomic mass is 10.3. The highest BCUT2D eigenvalue weighted by Gasteiger charge is 2.24. The number of halogens is 4. The monoisotopic (exact) mass is 582 g/mol. The summed E-state index contributed by atoms with van der Waals surface area (Å²) >= 11 is 19.4. The molecule has 0 N–H and O–H groups in total. The molecule has 1 heterocycles. The van der Waals surface area contributed by atoms with Crippen LogP contribution in [0.3, 0.4) is 0 Å². The lowest BCUT2D eigenvalue weighted by Gasteiger charge is -2.10. The van der Waals surface area contributed by atoms with Gasteiger partial charge in [0.1, 0.15) is 13.2 Å². The van der Waals surface area contributed by atoms with Crippen molar-refractivity contribution >= 4 is 78.0 Å². The van der Waals surface area contributed by atoms with Crippen molar-refractivity contribution < 1.29 is 19.1 Å². The van der Waals surface area contributed by atoms with E-state index in [2.05, 4.69) is 45.0 Å². The van der Waals surface area contributed by atoms with Crippen LogP contribution in [0.5, 0.6) is 0 Å². The molecule has 0 unspecified atom stereocenters. The molecule has 162 valence electrons. The van der Waals surface area contributed by atoms with Gasteiger partial charge in [-0.1, -0.05) is 36.4 Å². The highest BCUT2D eigenvalue weighted by Crippen LogP contribution is 2.42. The van der Waals surface area contributed by atoms with Crippen LogP contribution in [0.25, 0.3) is 11.0 Å². The van der Waals surface area contributed by atoms with Crippen LogP contribution in [0.1, 0.15) is 13.8 Å². The summed E-state index contributed by atoms with van der Waals surface area (Å²) in [7, 11) is 0. The molecule has 0 fully saturated rings. The number of nitrogens with zero attached hydrogens (tertiary/aromatic N) is 2. The van der Waals surface area contributed by atoms with E-state index in [1.165, 1.54) is 23.0 Å². The summed E-state index contributed by atoms with van der Waals surface area (Å²) in [5, 5.41) is 0.434. The molecular formula is C19H18Br2Cl2N2O5. The average molecular weight is 585 g/mol. The number of esters is 2. The van der Waals surface area contributed by atoms with Crippen LogP contribution in [0.4, 0.5) is 0 Å². The second-order valence-electron chi connectivity index (χ2n) is 6.37. The molecule has 1 aromatic carbocycles. The maximum absolute atomic E-state index is 13.1. The first kappa shape index (κ1) is 24.7. The first-order valence-corrected chi connectivity index (χ1v) is 10.9. The Morgan fingerprint density at radius 2 is 1.20 bits per heavy atom. The van der Waals surface area contributed by atoms with Gasteiger partial charge in [-0.25, -0.2) is 14.4 Å². The Morgan fingerprint density at radius 1 is 0.867 bits per heavy atom. The van der Waals surface area contributed by atoms with Gasteiger partial charge in [-0.2, -0.15) is 0 Å². The summed E-state index contributed by atoms with van der Waals surface area (Å²) < 4.78 is 13.8. The van der Waals surface area contributed by atoms with Gasteiger partial charge in [0.05, 0.1) is 43.1 Å². The number of hydrogen-bond donors (Lipinski definition) is 0. The third-order valence-electron chi connectivity index (χ3n) is 4.01. The van der Waals surface area contributed by atoms with E-state index >= 15 is 0 Å². The molecule has 0 aliphatic carbocycles. The van der Waals surface area contributed by atoms with E-state index in [4.69, 9.17) is 32.7 Å². The number of fused-ring (bicyclic) bond motifs is 1. The number of hydrogen-bond acceptors (Lipinski definition) is 5. The number of imidazole rings is 1. The number of carbonyl (C=O) groups excluding carboxylic acids is 2. The van der Waals surface area contributed by atoms with Gasteiger partial charge < -0.3 is 9.47 Å². The maximum atomic E-state index is 13.1. The minimum Gasteiger partial charge on any atom is -0.460 e. The van der Waals surface area contributed by atoms with Crippen LogP contribution in [0.2, 0.25) is 10.0 Å². The number of aromatic nitrogens is 2. The summed E-state index contributed by atoms with van der Waals surface area (Å²) in [4.78, 5) is 36.4. The molecule has 0 bridgehead atoms. The van der Waals surface area contributed by atoms with Crippen LogP contribution in [-0.4, -0.2) is 34.3 Å². The third-order valence-corrected chi connectivity index (χ3v) is 6.87. The highest BCUT2D eigenvalue weighted by molar-refractivity contribution is 9.11. The van der Waals surface area contributed by atoms with Crippen LogP contribution >= 0.6 is 55.1 Å². The highest BCUT2D eigenvalue weighted by atomic mass is 79.9. The fraction of sp³-hybridized carbons (Fsp3) is 0.316. The van der Waals surface area contributed by atoms with E-state index in [1.807, 2.05) is 0 Å². The molecule has 0 aliphatic heterocycles. The molecule has 7 nitrogen and oxygen atoms in total. The van der Waals surface area contributed by atoms with Crippen LogP contribution in [0.15, 0.2) is 38.0 Å². The average Bonchev–Trinajstić information content (AvgIpc) is 2.96. The summed E-state index contributed by atoms with van der Waals surface area (Å²) in [5.41, 5.74) is 1.01. The first-order chi connectivity index (χ1) is 14.0. The Balaban J connectivity index is 2.50. The van der Waals surface area contributed by atoms with Crippen LogP contribution in [0, 0.1) is 0 Å². The Kier molecular flexibility index (Phi) is 8.38. The largest absolute Gasteiger partial charge is 0.460 e. The minimum atomic E-state index is -0.556. The molecule has 2 aromatic rings. The van der Waals surface area contributed by atoms with Crippen molar-refractivity contribution in [2.75, 3.05) is 13.2 Å². The molecule has 0 spiro atoms. The third kappa shape index (κ3) is 5.01. The zero-order chi connectivity index (χ0) is 22.7. The molecule has 0 aliphatic rings. The van der Waals surface area contributed by atoms with Crippen LogP contribution in [-0.2, 0) is 32.2 Å². The lowest BCUT2D eigenvalue weighted by molar-refractivity contribution is -0.140. The molecule has 2 rings (SSSR count). The van der Waals surface area contributed by atoms with Crippen molar-refractivity contribution in [3.05, 3.63) is 53.8 Å². The molecule has 11 heteroatoms. The zero-order valence-corrected chi connectivity index (χ0v) is 20.9. The summed E-state index contributed by atoms with van der Waals surface area (Å²) in [6, 6.07) is 0.